The van der Waals surface area contributed by atoms with E-state index >= 15 is 0 Å². The third kappa shape index (κ3) is 4.24. The third-order valence-electron chi connectivity index (χ3n) is 6.37. The third-order valence-corrected chi connectivity index (χ3v) is 6.37. The second-order valence-electron chi connectivity index (χ2n) is 8.25. The van der Waals surface area contributed by atoms with E-state index in [4.69, 9.17) is 4.74 Å². The Hall–Kier alpha value is -3.58. The molecule has 2 heterocycles. The number of H-pyrrole nitrogens is 1. The van der Waals surface area contributed by atoms with Crippen molar-refractivity contribution in [1.29, 1.82) is 0 Å². The fraction of sp³-hybridized carbons (Fsp3) is 0.269. The number of anilines is 3. The van der Waals surface area contributed by atoms with Gasteiger partial charge in [-0.15, -0.1) is 0 Å². The predicted molar refractivity (Wildman–Crippen MR) is 132 cm³/mol. The topological polar surface area (TPSA) is 56.4 Å². The summed E-state index contributed by atoms with van der Waals surface area (Å²) in [5.74, 6) is 0.607. The van der Waals surface area contributed by atoms with Crippen molar-refractivity contribution in [1.82, 2.24) is 15.1 Å². The molecule has 4 aromatic rings. The summed E-state index contributed by atoms with van der Waals surface area (Å²) >= 11 is 0. The zero-order valence-electron chi connectivity index (χ0n) is 18.9. The SMILES string of the molecule is CCN1CCN(c2ccc(Nc3n[nH]c4cc(-c5cccc(OC)c5F)ccc34)cc2)CC1. The molecule has 170 valence electrons. The normalized spacial score (nSPS) is 14.6. The molecule has 0 amide bonds. The molecule has 33 heavy (non-hydrogen) atoms. The summed E-state index contributed by atoms with van der Waals surface area (Å²) in [5.41, 5.74) is 4.32. The molecule has 0 saturated carbocycles. The highest BCUT2D eigenvalue weighted by atomic mass is 19.1. The molecule has 1 aliphatic heterocycles. The average Bonchev–Trinajstić information content (AvgIpc) is 3.26. The van der Waals surface area contributed by atoms with Gasteiger partial charge in [0, 0.05) is 48.5 Å². The van der Waals surface area contributed by atoms with Crippen LogP contribution in [-0.2, 0) is 0 Å². The Labute approximate surface area is 193 Å². The zero-order chi connectivity index (χ0) is 22.8. The van der Waals surface area contributed by atoms with Crippen molar-refractivity contribution in [2.75, 3.05) is 50.1 Å². The van der Waals surface area contributed by atoms with E-state index in [9.17, 15) is 4.39 Å². The Morgan fingerprint density at radius 1 is 1.03 bits per heavy atom. The van der Waals surface area contributed by atoms with E-state index in [2.05, 4.69) is 56.5 Å². The van der Waals surface area contributed by atoms with Crippen LogP contribution in [0.15, 0.2) is 60.7 Å². The van der Waals surface area contributed by atoms with Gasteiger partial charge in [-0.1, -0.05) is 25.1 Å². The summed E-state index contributed by atoms with van der Waals surface area (Å²) < 4.78 is 19.8. The van der Waals surface area contributed by atoms with Crippen LogP contribution in [-0.4, -0.2) is 54.9 Å². The molecule has 1 aliphatic rings. The maximum Gasteiger partial charge on any atom is 0.172 e. The fourth-order valence-electron chi connectivity index (χ4n) is 4.39. The number of rotatable bonds is 6. The van der Waals surface area contributed by atoms with Gasteiger partial charge in [-0.05, 0) is 54.6 Å². The lowest BCUT2D eigenvalue weighted by atomic mass is 10.0. The van der Waals surface area contributed by atoms with Crippen LogP contribution in [0.5, 0.6) is 5.75 Å². The summed E-state index contributed by atoms with van der Waals surface area (Å²) in [7, 11) is 1.47. The molecule has 1 fully saturated rings. The smallest absolute Gasteiger partial charge is 0.172 e. The van der Waals surface area contributed by atoms with Gasteiger partial charge >= 0.3 is 0 Å². The number of ether oxygens (including phenoxy) is 1. The van der Waals surface area contributed by atoms with Crippen molar-refractivity contribution in [3.8, 4) is 16.9 Å². The number of fused-ring (bicyclic) bond motifs is 1. The Kier molecular flexibility index (Phi) is 5.88. The lowest BCUT2D eigenvalue weighted by molar-refractivity contribution is 0.271. The van der Waals surface area contributed by atoms with Crippen LogP contribution >= 0.6 is 0 Å². The van der Waals surface area contributed by atoms with Crippen molar-refractivity contribution in [2.45, 2.75) is 6.92 Å². The number of halogens is 1. The van der Waals surface area contributed by atoms with E-state index in [0.717, 1.165) is 60.7 Å². The summed E-state index contributed by atoms with van der Waals surface area (Å²) in [6.07, 6.45) is 0. The van der Waals surface area contributed by atoms with Gasteiger partial charge in [-0.2, -0.15) is 5.10 Å². The van der Waals surface area contributed by atoms with E-state index in [1.54, 1.807) is 18.2 Å². The quantitative estimate of drug-likeness (QED) is 0.424. The second-order valence-corrected chi connectivity index (χ2v) is 8.25. The van der Waals surface area contributed by atoms with Crippen LogP contribution in [0.1, 0.15) is 6.92 Å². The van der Waals surface area contributed by atoms with Gasteiger partial charge in [-0.3, -0.25) is 5.10 Å². The van der Waals surface area contributed by atoms with Crippen LogP contribution in [0, 0.1) is 5.82 Å². The number of nitrogens with zero attached hydrogens (tertiary/aromatic N) is 3. The minimum atomic E-state index is -0.367. The number of aromatic nitrogens is 2. The number of likely N-dealkylation sites (N-methyl/N-ethyl adjacent to an activating group) is 1. The van der Waals surface area contributed by atoms with Gasteiger partial charge in [0.2, 0.25) is 0 Å². The number of aromatic amines is 1. The summed E-state index contributed by atoms with van der Waals surface area (Å²) in [6, 6.07) is 19.4. The molecule has 0 spiro atoms. The Morgan fingerprint density at radius 2 is 1.82 bits per heavy atom. The van der Waals surface area contributed by atoms with E-state index in [1.165, 1.54) is 12.8 Å². The summed E-state index contributed by atoms with van der Waals surface area (Å²) in [4.78, 5) is 4.91. The highest BCUT2D eigenvalue weighted by Gasteiger charge is 2.16. The van der Waals surface area contributed by atoms with Crippen LogP contribution in [0.3, 0.4) is 0 Å². The fourth-order valence-corrected chi connectivity index (χ4v) is 4.39. The van der Waals surface area contributed by atoms with Gasteiger partial charge < -0.3 is 19.9 Å². The monoisotopic (exact) mass is 445 g/mol. The molecule has 0 unspecified atom stereocenters. The first kappa shape index (κ1) is 21.3. The molecule has 7 heteroatoms. The maximum absolute atomic E-state index is 14.7. The maximum atomic E-state index is 14.7. The van der Waals surface area contributed by atoms with Crippen molar-refractivity contribution < 1.29 is 9.13 Å². The van der Waals surface area contributed by atoms with Crippen molar-refractivity contribution in [3.05, 3.63) is 66.5 Å². The second kappa shape index (κ2) is 9.11. The first-order valence-electron chi connectivity index (χ1n) is 11.3. The van der Waals surface area contributed by atoms with Crippen LogP contribution in [0.2, 0.25) is 0 Å². The lowest BCUT2D eigenvalue weighted by Gasteiger charge is -2.35. The molecule has 6 nitrogen and oxygen atoms in total. The van der Waals surface area contributed by atoms with Crippen LogP contribution < -0.4 is 15.0 Å². The zero-order valence-corrected chi connectivity index (χ0v) is 18.9. The summed E-state index contributed by atoms with van der Waals surface area (Å²) in [6.45, 7) is 7.66. The molecular formula is C26H28FN5O. The average molecular weight is 446 g/mol. The van der Waals surface area contributed by atoms with Gasteiger partial charge in [0.15, 0.2) is 17.4 Å². The molecule has 5 rings (SSSR count). The van der Waals surface area contributed by atoms with Gasteiger partial charge in [0.05, 0.1) is 12.6 Å². The summed E-state index contributed by atoms with van der Waals surface area (Å²) in [5, 5.41) is 11.8. The molecular weight excluding hydrogens is 417 g/mol. The molecule has 0 bridgehead atoms. The minimum absolute atomic E-state index is 0.232. The lowest BCUT2D eigenvalue weighted by Crippen LogP contribution is -2.46. The van der Waals surface area contributed by atoms with Crippen molar-refractivity contribution in [2.24, 2.45) is 0 Å². The number of nitrogens with one attached hydrogen (secondary N) is 2. The molecule has 0 aliphatic carbocycles. The molecule has 2 N–H and O–H groups in total. The first-order valence-corrected chi connectivity index (χ1v) is 11.3. The van der Waals surface area contributed by atoms with Crippen molar-refractivity contribution in [3.63, 3.8) is 0 Å². The minimum Gasteiger partial charge on any atom is -0.494 e. The Morgan fingerprint density at radius 3 is 2.55 bits per heavy atom. The number of methoxy groups -OCH3 is 1. The van der Waals surface area contributed by atoms with Gasteiger partial charge in [0.25, 0.3) is 0 Å². The van der Waals surface area contributed by atoms with Crippen molar-refractivity contribution >= 4 is 28.1 Å². The van der Waals surface area contributed by atoms with E-state index in [0.29, 0.717) is 5.56 Å². The predicted octanol–water partition coefficient (Wildman–Crippen LogP) is 5.26. The number of hydrogen-bond donors (Lipinski definition) is 2. The van der Waals surface area contributed by atoms with Gasteiger partial charge in [-0.25, -0.2) is 4.39 Å². The largest absolute Gasteiger partial charge is 0.494 e. The molecule has 3 aromatic carbocycles. The number of piperazine rings is 1. The number of hydrogen-bond acceptors (Lipinski definition) is 5. The van der Waals surface area contributed by atoms with Crippen LogP contribution in [0.25, 0.3) is 22.0 Å². The van der Waals surface area contributed by atoms with E-state index < -0.39 is 0 Å². The molecule has 0 atom stereocenters. The molecule has 1 saturated heterocycles. The first-order chi connectivity index (χ1) is 16.2. The highest BCUT2D eigenvalue weighted by molar-refractivity contribution is 5.94. The molecule has 0 radical (unpaired) electrons. The highest BCUT2D eigenvalue weighted by Crippen LogP contribution is 2.33. The van der Waals surface area contributed by atoms with Crippen LogP contribution in [0.4, 0.5) is 21.6 Å². The van der Waals surface area contributed by atoms with Gasteiger partial charge in [0.1, 0.15) is 0 Å². The Bertz CT molecular complexity index is 1250. The standard InChI is InChI=1S/C26H28FN5O/c1-3-31-13-15-32(16-14-31)20-10-8-19(9-11-20)28-26-22-12-7-18(17-23(22)29-30-26)21-5-4-6-24(33-2)25(21)27/h4-12,17H,3,13-16H2,1-2H3,(H2,28,29,30). The number of benzene rings is 3. The van der Waals surface area contributed by atoms with E-state index in [1.807, 2.05) is 18.2 Å². The Balaban J connectivity index is 1.33. The molecule has 1 aromatic heterocycles. The van der Waals surface area contributed by atoms with E-state index in [-0.39, 0.29) is 11.6 Å².